The summed E-state index contributed by atoms with van der Waals surface area (Å²) in [7, 11) is 3.02. The summed E-state index contributed by atoms with van der Waals surface area (Å²) in [6.45, 7) is -0.104. The molecule has 0 aliphatic carbocycles. The largest absolute Gasteiger partial charge is 0.496 e. The van der Waals surface area contributed by atoms with E-state index in [1.54, 1.807) is 31.4 Å². The minimum atomic E-state index is -0.674. The van der Waals surface area contributed by atoms with Crippen molar-refractivity contribution in [1.29, 1.82) is 0 Å². The normalized spacial score (nSPS) is 14.9. The van der Waals surface area contributed by atoms with Crippen LogP contribution in [0.4, 0.5) is 8.78 Å². The Labute approximate surface area is 213 Å². The smallest absolute Gasteiger partial charge is 0.262 e. The van der Waals surface area contributed by atoms with Crippen LogP contribution in [0, 0.1) is 11.6 Å². The van der Waals surface area contributed by atoms with E-state index in [0.717, 1.165) is 5.56 Å². The number of benzene rings is 3. The van der Waals surface area contributed by atoms with Gasteiger partial charge in [0.2, 0.25) is 0 Å². The quantitative estimate of drug-likeness (QED) is 0.429. The Hall–Kier alpha value is -4.11. The van der Waals surface area contributed by atoms with E-state index in [0.29, 0.717) is 23.4 Å². The second-order valence-electron chi connectivity index (χ2n) is 8.45. The predicted molar refractivity (Wildman–Crippen MR) is 134 cm³/mol. The minimum absolute atomic E-state index is 0.0805. The van der Waals surface area contributed by atoms with Gasteiger partial charge in [0.1, 0.15) is 23.9 Å². The molecule has 0 fully saturated rings. The molecule has 1 heterocycles. The lowest BCUT2D eigenvalue weighted by Gasteiger charge is -2.27. The second-order valence-corrected chi connectivity index (χ2v) is 8.45. The fourth-order valence-electron chi connectivity index (χ4n) is 4.24. The molecule has 0 spiro atoms. The third kappa shape index (κ3) is 5.83. The fourth-order valence-corrected chi connectivity index (χ4v) is 4.24. The summed E-state index contributed by atoms with van der Waals surface area (Å²) < 4.78 is 38.5. The molecule has 2 amide bonds. The first-order valence-corrected chi connectivity index (χ1v) is 11.7. The molecule has 3 aromatic rings. The molecule has 37 heavy (non-hydrogen) atoms. The van der Waals surface area contributed by atoms with Crippen LogP contribution in [0.25, 0.3) is 0 Å². The standard InChI is InChI=1S/C28H27F2N3O4/c1-36-16-15-32(28(35)21-7-3-5-9-23(21)30)18-27(34)33-25(22-8-4-6-10-26(22)37-2)17-24(31-33)19-11-13-20(29)14-12-19/h3-14,25H,15-18H2,1-2H3/t25-/m0/s1. The molecule has 3 aromatic carbocycles. The van der Waals surface area contributed by atoms with Gasteiger partial charge in [-0.15, -0.1) is 0 Å². The Morgan fingerprint density at radius 3 is 2.41 bits per heavy atom. The van der Waals surface area contributed by atoms with Gasteiger partial charge in [-0.05, 0) is 35.9 Å². The summed E-state index contributed by atoms with van der Waals surface area (Å²) in [5.74, 6) is -1.56. The Balaban J connectivity index is 1.67. The van der Waals surface area contributed by atoms with E-state index in [9.17, 15) is 18.4 Å². The zero-order chi connectivity index (χ0) is 26.4. The van der Waals surface area contributed by atoms with Crippen molar-refractivity contribution in [2.24, 2.45) is 5.10 Å². The van der Waals surface area contributed by atoms with Crippen molar-refractivity contribution in [3.05, 3.63) is 101 Å². The first-order chi connectivity index (χ1) is 17.9. The number of ether oxygens (including phenoxy) is 2. The van der Waals surface area contributed by atoms with Crippen LogP contribution >= 0.6 is 0 Å². The summed E-state index contributed by atoms with van der Waals surface area (Å²) in [5.41, 5.74) is 1.87. The van der Waals surface area contributed by atoms with Gasteiger partial charge >= 0.3 is 0 Å². The first kappa shape index (κ1) is 26.0. The maximum Gasteiger partial charge on any atom is 0.262 e. The molecule has 0 saturated carbocycles. The topological polar surface area (TPSA) is 71.4 Å². The molecule has 0 N–H and O–H groups in total. The van der Waals surface area contributed by atoms with Crippen LogP contribution in [0.5, 0.6) is 5.75 Å². The van der Waals surface area contributed by atoms with Crippen LogP contribution in [-0.2, 0) is 9.53 Å². The van der Waals surface area contributed by atoms with Crippen LogP contribution in [0.2, 0.25) is 0 Å². The number of para-hydroxylation sites is 1. The Morgan fingerprint density at radius 2 is 1.70 bits per heavy atom. The molecule has 1 aliphatic heterocycles. The average molecular weight is 508 g/mol. The van der Waals surface area contributed by atoms with E-state index < -0.39 is 23.7 Å². The molecule has 1 aliphatic rings. The number of hydrogen-bond donors (Lipinski definition) is 0. The van der Waals surface area contributed by atoms with Gasteiger partial charge in [0, 0.05) is 25.6 Å². The Morgan fingerprint density at radius 1 is 1.00 bits per heavy atom. The van der Waals surface area contributed by atoms with Crippen molar-refractivity contribution >= 4 is 17.5 Å². The summed E-state index contributed by atoms with van der Waals surface area (Å²) in [6.07, 6.45) is 0.358. The van der Waals surface area contributed by atoms with E-state index in [2.05, 4.69) is 5.10 Å². The van der Waals surface area contributed by atoms with Crippen LogP contribution < -0.4 is 4.74 Å². The average Bonchev–Trinajstić information content (AvgIpc) is 3.36. The van der Waals surface area contributed by atoms with Gasteiger partial charge in [-0.3, -0.25) is 9.59 Å². The summed E-state index contributed by atoms with van der Waals surface area (Å²) in [5, 5.41) is 5.91. The number of methoxy groups -OCH3 is 2. The maximum absolute atomic E-state index is 14.4. The van der Waals surface area contributed by atoms with Gasteiger partial charge in [-0.1, -0.05) is 42.5 Å². The molecule has 9 heteroatoms. The van der Waals surface area contributed by atoms with E-state index in [1.165, 1.54) is 47.4 Å². The number of carbonyl (C=O) groups is 2. The number of nitrogens with zero attached hydrogens (tertiary/aromatic N) is 3. The van der Waals surface area contributed by atoms with Crippen LogP contribution in [0.15, 0.2) is 77.9 Å². The van der Waals surface area contributed by atoms with E-state index >= 15 is 0 Å². The second kappa shape index (κ2) is 11.7. The first-order valence-electron chi connectivity index (χ1n) is 11.7. The fraction of sp³-hybridized carbons (Fsp3) is 0.250. The van der Waals surface area contributed by atoms with Crippen molar-refractivity contribution in [1.82, 2.24) is 9.91 Å². The summed E-state index contributed by atoms with van der Waals surface area (Å²) >= 11 is 0. The summed E-state index contributed by atoms with van der Waals surface area (Å²) in [6, 6.07) is 18.3. The number of hydrazone groups is 1. The van der Waals surface area contributed by atoms with E-state index in [-0.39, 0.29) is 31.1 Å². The minimum Gasteiger partial charge on any atom is -0.496 e. The zero-order valence-electron chi connectivity index (χ0n) is 20.6. The molecule has 0 unspecified atom stereocenters. The molecular formula is C28H27F2N3O4. The van der Waals surface area contributed by atoms with Gasteiger partial charge in [0.15, 0.2) is 0 Å². The number of rotatable bonds is 9. The molecule has 192 valence electrons. The van der Waals surface area contributed by atoms with Crippen LogP contribution in [-0.4, -0.2) is 61.4 Å². The molecule has 0 aromatic heterocycles. The van der Waals surface area contributed by atoms with Gasteiger partial charge in [0.05, 0.1) is 31.0 Å². The third-order valence-electron chi connectivity index (χ3n) is 6.12. The molecular weight excluding hydrogens is 480 g/mol. The number of carbonyl (C=O) groups excluding carboxylic acids is 2. The van der Waals surface area contributed by atoms with Crippen molar-refractivity contribution in [2.45, 2.75) is 12.5 Å². The van der Waals surface area contributed by atoms with E-state index in [1.807, 2.05) is 18.2 Å². The number of hydrogen-bond acceptors (Lipinski definition) is 5. The molecule has 0 radical (unpaired) electrons. The van der Waals surface area contributed by atoms with Crippen molar-refractivity contribution in [2.75, 3.05) is 33.9 Å². The number of amides is 2. The van der Waals surface area contributed by atoms with Crippen molar-refractivity contribution in [3.63, 3.8) is 0 Å². The van der Waals surface area contributed by atoms with Crippen molar-refractivity contribution in [3.8, 4) is 5.75 Å². The predicted octanol–water partition coefficient (Wildman–Crippen LogP) is 4.44. The lowest BCUT2D eigenvalue weighted by atomic mass is 9.97. The highest BCUT2D eigenvalue weighted by Crippen LogP contribution is 2.37. The maximum atomic E-state index is 14.4. The molecule has 0 saturated heterocycles. The molecule has 1 atom stereocenters. The lowest BCUT2D eigenvalue weighted by molar-refractivity contribution is -0.133. The number of halogens is 2. The highest BCUT2D eigenvalue weighted by Gasteiger charge is 2.36. The molecule has 7 nitrogen and oxygen atoms in total. The van der Waals surface area contributed by atoms with Crippen molar-refractivity contribution < 1.29 is 27.8 Å². The highest BCUT2D eigenvalue weighted by atomic mass is 19.1. The summed E-state index contributed by atoms with van der Waals surface area (Å²) in [4.78, 5) is 28.0. The Kier molecular flexibility index (Phi) is 8.25. The zero-order valence-corrected chi connectivity index (χ0v) is 20.6. The van der Waals surface area contributed by atoms with Gasteiger partial charge in [0.25, 0.3) is 11.8 Å². The Bertz CT molecular complexity index is 1300. The molecule has 4 rings (SSSR count). The SMILES string of the molecule is COCCN(CC(=O)N1N=C(c2ccc(F)cc2)C[C@H]1c1ccccc1OC)C(=O)c1ccccc1F. The van der Waals surface area contributed by atoms with E-state index in [4.69, 9.17) is 9.47 Å². The van der Waals surface area contributed by atoms with Gasteiger partial charge in [-0.2, -0.15) is 5.10 Å². The van der Waals surface area contributed by atoms with Crippen LogP contribution in [0.3, 0.4) is 0 Å². The monoisotopic (exact) mass is 507 g/mol. The molecule has 0 bridgehead atoms. The third-order valence-corrected chi connectivity index (χ3v) is 6.12. The lowest BCUT2D eigenvalue weighted by Crippen LogP contribution is -2.43. The van der Waals surface area contributed by atoms with Gasteiger partial charge < -0.3 is 14.4 Å². The highest BCUT2D eigenvalue weighted by molar-refractivity contribution is 6.03. The van der Waals surface area contributed by atoms with Gasteiger partial charge in [-0.25, -0.2) is 13.8 Å². The van der Waals surface area contributed by atoms with Crippen LogP contribution in [0.1, 0.15) is 33.9 Å².